The summed E-state index contributed by atoms with van der Waals surface area (Å²) in [5, 5.41) is 3.41. The molecular weight excluding hydrogens is 170 g/mol. The van der Waals surface area contributed by atoms with Crippen molar-refractivity contribution in [2.75, 3.05) is 24.6 Å². The molecule has 2 nitrogen and oxygen atoms in total. The van der Waals surface area contributed by atoms with Crippen molar-refractivity contribution < 1.29 is 4.21 Å². The van der Waals surface area contributed by atoms with Crippen LogP contribution in [-0.4, -0.2) is 28.8 Å². The van der Waals surface area contributed by atoms with Gasteiger partial charge in [-0.2, -0.15) is 0 Å². The maximum absolute atomic E-state index is 11.3. The average molecular weight is 187 g/mol. The van der Waals surface area contributed by atoms with Crippen LogP contribution in [0.1, 0.15) is 25.7 Å². The van der Waals surface area contributed by atoms with E-state index in [9.17, 15) is 4.21 Å². The first-order chi connectivity index (χ1) is 5.81. The fraction of sp³-hybridized carbons (Fsp3) is 1.00. The Balaban J connectivity index is 2.03. The molecule has 1 spiro atoms. The SMILES string of the molecule is O=S1CCC2(CCCNCC2)C1. The zero-order chi connectivity index (χ0) is 8.44. The van der Waals surface area contributed by atoms with Crippen LogP contribution in [0.5, 0.6) is 0 Å². The lowest BCUT2D eigenvalue weighted by molar-refractivity contribution is 0.296. The smallest absolute Gasteiger partial charge is 0.0292 e. The second kappa shape index (κ2) is 3.46. The molecule has 12 heavy (non-hydrogen) atoms. The van der Waals surface area contributed by atoms with Gasteiger partial charge in [0, 0.05) is 22.3 Å². The molecule has 2 aliphatic rings. The first-order valence-electron chi connectivity index (χ1n) is 4.87. The van der Waals surface area contributed by atoms with E-state index in [0.29, 0.717) is 5.41 Å². The third-order valence-corrected chi connectivity index (χ3v) is 4.81. The summed E-state index contributed by atoms with van der Waals surface area (Å²) in [6.45, 7) is 2.30. The highest BCUT2D eigenvalue weighted by Gasteiger charge is 2.37. The van der Waals surface area contributed by atoms with Gasteiger partial charge < -0.3 is 5.32 Å². The Kier molecular flexibility index (Phi) is 2.51. The molecule has 0 aromatic heterocycles. The normalized spacial score (nSPS) is 43.2. The van der Waals surface area contributed by atoms with Gasteiger partial charge in [-0.15, -0.1) is 0 Å². The highest BCUT2D eigenvalue weighted by molar-refractivity contribution is 7.85. The summed E-state index contributed by atoms with van der Waals surface area (Å²) in [5.74, 6) is 1.94. The van der Waals surface area contributed by atoms with Gasteiger partial charge in [-0.1, -0.05) is 0 Å². The van der Waals surface area contributed by atoms with Gasteiger partial charge in [0.25, 0.3) is 0 Å². The van der Waals surface area contributed by atoms with Gasteiger partial charge in [0.15, 0.2) is 0 Å². The fourth-order valence-corrected chi connectivity index (χ4v) is 4.32. The minimum atomic E-state index is -0.495. The molecule has 0 aromatic rings. The number of rotatable bonds is 0. The highest BCUT2D eigenvalue weighted by Crippen LogP contribution is 2.38. The van der Waals surface area contributed by atoms with Crippen molar-refractivity contribution in [3.63, 3.8) is 0 Å². The molecule has 2 fully saturated rings. The Morgan fingerprint density at radius 2 is 2.08 bits per heavy atom. The van der Waals surface area contributed by atoms with E-state index in [1.165, 1.54) is 25.7 Å². The van der Waals surface area contributed by atoms with Gasteiger partial charge in [-0.05, 0) is 44.2 Å². The molecule has 0 radical (unpaired) electrons. The zero-order valence-electron chi connectivity index (χ0n) is 7.47. The van der Waals surface area contributed by atoms with Crippen LogP contribution < -0.4 is 5.32 Å². The maximum atomic E-state index is 11.3. The van der Waals surface area contributed by atoms with Gasteiger partial charge >= 0.3 is 0 Å². The summed E-state index contributed by atoms with van der Waals surface area (Å²) in [4.78, 5) is 0. The average Bonchev–Trinajstić information content (AvgIpc) is 2.30. The summed E-state index contributed by atoms with van der Waals surface area (Å²) < 4.78 is 11.3. The van der Waals surface area contributed by atoms with Crippen molar-refractivity contribution in [1.29, 1.82) is 0 Å². The number of nitrogens with one attached hydrogen (secondary N) is 1. The Morgan fingerprint density at radius 3 is 2.83 bits per heavy atom. The lowest BCUT2D eigenvalue weighted by atomic mass is 9.80. The van der Waals surface area contributed by atoms with E-state index in [2.05, 4.69) is 5.32 Å². The molecule has 2 saturated heterocycles. The molecule has 0 aliphatic carbocycles. The van der Waals surface area contributed by atoms with Crippen molar-refractivity contribution in [2.24, 2.45) is 5.41 Å². The van der Waals surface area contributed by atoms with Crippen LogP contribution >= 0.6 is 0 Å². The van der Waals surface area contributed by atoms with Crippen LogP contribution in [0.3, 0.4) is 0 Å². The van der Waals surface area contributed by atoms with Gasteiger partial charge in [0.2, 0.25) is 0 Å². The topological polar surface area (TPSA) is 29.1 Å². The van der Waals surface area contributed by atoms with E-state index in [-0.39, 0.29) is 0 Å². The molecule has 3 heteroatoms. The molecular formula is C9H17NOS. The molecule has 2 heterocycles. The summed E-state index contributed by atoms with van der Waals surface area (Å²) in [6.07, 6.45) is 5.03. The summed E-state index contributed by atoms with van der Waals surface area (Å²) in [7, 11) is -0.495. The fourth-order valence-electron chi connectivity index (χ4n) is 2.40. The largest absolute Gasteiger partial charge is 0.317 e. The van der Waals surface area contributed by atoms with Crippen molar-refractivity contribution in [3.8, 4) is 0 Å². The monoisotopic (exact) mass is 187 g/mol. The Labute approximate surface area is 76.6 Å². The van der Waals surface area contributed by atoms with E-state index >= 15 is 0 Å². The third-order valence-electron chi connectivity index (χ3n) is 3.22. The van der Waals surface area contributed by atoms with Gasteiger partial charge in [0.05, 0.1) is 0 Å². The van der Waals surface area contributed by atoms with Crippen LogP contribution in [0.4, 0.5) is 0 Å². The number of hydrogen-bond acceptors (Lipinski definition) is 2. The molecule has 1 N–H and O–H groups in total. The Morgan fingerprint density at radius 1 is 1.17 bits per heavy atom. The van der Waals surface area contributed by atoms with E-state index < -0.39 is 10.8 Å². The van der Waals surface area contributed by atoms with Crippen LogP contribution in [0.25, 0.3) is 0 Å². The van der Waals surface area contributed by atoms with Crippen LogP contribution in [0, 0.1) is 5.41 Å². The van der Waals surface area contributed by atoms with E-state index in [1.54, 1.807) is 0 Å². The lowest BCUT2D eigenvalue weighted by Gasteiger charge is -2.25. The molecule has 0 aromatic carbocycles. The summed E-state index contributed by atoms with van der Waals surface area (Å²) in [5.41, 5.74) is 0.467. The lowest BCUT2D eigenvalue weighted by Crippen LogP contribution is -2.23. The molecule has 70 valence electrons. The predicted molar refractivity (Wildman–Crippen MR) is 51.6 cm³/mol. The molecule has 0 bridgehead atoms. The van der Waals surface area contributed by atoms with Gasteiger partial charge in [-0.3, -0.25) is 4.21 Å². The molecule has 2 unspecified atom stereocenters. The third kappa shape index (κ3) is 1.72. The molecule has 0 saturated carbocycles. The molecule has 2 aliphatic heterocycles. The second-order valence-electron chi connectivity index (χ2n) is 4.14. The molecule has 0 amide bonds. The van der Waals surface area contributed by atoms with E-state index in [1.807, 2.05) is 0 Å². The van der Waals surface area contributed by atoms with Crippen molar-refractivity contribution in [2.45, 2.75) is 25.7 Å². The predicted octanol–water partition coefficient (Wildman–Crippen LogP) is 0.899. The standard InChI is InChI=1S/C9H17NOS/c11-12-7-4-9(8-12)2-1-5-10-6-3-9/h10H,1-8H2. The van der Waals surface area contributed by atoms with Crippen LogP contribution in [-0.2, 0) is 10.8 Å². The number of hydrogen-bond donors (Lipinski definition) is 1. The zero-order valence-corrected chi connectivity index (χ0v) is 8.29. The molecule has 2 rings (SSSR count). The first kappa shape index (κ1) is 8.70. The van der Waals surface area contributed by atoms with Crippen molar-refractivity contribution in [1.82, 2.24) is 5.32 Å². The summed E-state index contributed by atoms with van der Waals surface area (Å²) >= 11 is 0. The highest BCUT2D eigenvalue weighted by atomic mass is 32.2. The van der Waals surface area contributed by atoms with Crippen LogP contribution in [0.2, 0.25) is 0 Å². The van der Waals surface area contributed by atoms with E-state index in [0.717, 1.165) is 24.6 Å². The molecule has 2 atom stereocenters. The second-order valence-corrected chi connectivity index (χ2v) is 5.72. The van der Waals surface area contributed by atoms with Gasteiger partial charge in [-0.25, -0.2) is 0 Å². The maximum Gasteiger partial charge on any atom is 0.0292 e. The van der Waals surface area contributed by atoms with E-state index in [4.69, 9.17) is 0 Å². The minimum absolute atomic E-state index is 0.467. The quantitative estimate of drug-likeness (QED) is 0.610. The Bertz CT molecular complexity index is 185. The Hall–Kier alpha value is 0.110. The van der Waals surface area contributed by atoms with Crippen molar-refractivity contribution in [3.05, 3.63) is 0 Å². The van der Waals surface area contributed by atoms with Crippen LogP contribution in [0.15, 0.2) is 0 Å². The van der Waals surface area contributed by atoms with Gasteiger partial charge in [0.1, 0.15) is 0 Å². The minimum Gasteiger partial charge on any atom is -0.317 e. The first-order valence-corrected chi connectivity index (χ1v) is 6.35. The van der Waals surface area contributed by atoms with Crippen molar-refractivity contribution >= 4 is 10.8 Å². The summed E-state index contributed by atoms with van der Waals surface area (Å²) in [6, 6.07) is 0.